The predicted octanol–water partition coefficient (Wildman–Crippen LogP) is 1.06. The second-order valence-electron chi connectivity index (χ2n) is 3.89. The van der Waals surface area contributed by atoms with E-state index < -0.39 is 0 Å². The number of hydrazine groups is 1. The van der Waals surface area contributed by atoms with Gasteiger partial charge in [0.1, 0.15) is 5.75 Å². The Balaban J connectivity index is 1.82. The fraction of sp³-hybridized carbons (Fsp3) is 0.417. The van der Waals surface area contributed by atoms with Crippen LogP contribution < -0.4 is 15.5 Å². The summed E-state index contributed by atoms with van der Waals surface area (Å²) in [7, 11) is 1.60. The summed E-state index contributed by atoms with van der Waals surface area (Å²) >= 11 is 0. The number of carbonyl (C=O) groups is 1. The van der Waals surface area contributed by atoms with Gasteiger partial charge >= 0.3 is 6.03 Å². The summed E-state index contributed by atoms with van der Waals surface area (Å²) in [6.45, 7) is 2.69. The van der Waals surface area contributed by atoms with Gasteiger partial charge in [-0.2, -0.15) is 0 Å². The summed E-state index contributed by atoms with van der Waals surface area (Å²) in [5, 5.41) is 4.59. The molecule has 0 bridgehead atoms. The maximum absolute atomic E-state index is 11.7. The van der Waals surface area contributed by atoms with E-state index in [1.54, 1.807) is 31.4 Å². The van der Waals surface area contributed by atoms with E-state index in [-0.39, 0.29) is 6.03 Å². The molecule has 1 aromatic rings. The largest absolute Gasteiger partial charge is 0.497 e. The van der Waals surface area contributed by atoms with Gasteiger partial charge in [0.25, 0.3) is 0 Å². The van der Waals surface area contributed by atoms with Crippen molar-refractivity contribution in [2.45, 2.75) is 0 Å². The molecule has 0 unspecified atom stereocenters. The number of rotatable bonds is 3. The predicted molar refractivity (Wildman–Crippen MR) is 67.5 cm³/mol. The topological polar surface area (TPSA) is 62.8 Å². The van der Waals surface area contributed by atoms with Gasteiger partial charge in [-0.25, -0.2) is 9.80 Å². The molecule has 0 atom stereocenters. The summed E-state index contributed by atoms with van der Waals surface area (Å²) in [6.07, 6.45) is 0. The molecule has 2 amide bonds. The normalized spacial score (nSPS) is 16.1. The van der Waals surface area contributed by atoms with Crippen molar-refractivity contribution in [3.63, 3.8) is 0 Å². The molecule has 0 saturated carbocycles. The molecule has 1 saturated heterocycles. The van der Waals surface area contributed by atoms with Crippen LogP contribution >= 0.6 is 0 Å². The van der Waals surface area contributed by atoms with Crippen LogP contribution in [0.15, 0.2) is 24.3 Å². The van der Waals surface area contributed by atoms with E-state index in [1.165, 1.54) is 0 Å². The molecule has 1 aliphatic heterocycles. The van der Waals surface area contributed by atoms with Gasteiger partial charge in [0.15, 0.2) is 0 Å². The lowest BCUT2D eigenvalue weighted by Gasteiger charge is -2.26. The van der Waals surface area contributed by atoms with Crippen LogP contribution in [0.25, 0.3) is 0 Å². The molecule has 6 heteroatoms. The van der Waals surface area contributed by atoms with Gasteiger partial charge in [-0.05, 0) is 24.3 Å². The van der Waals surface area contributed by atoms with Crippen molar-refractivity contribution in [1.29, 1.82) is 0 Å². The number of hydrogen-bond donors (Lipinski definition) is 2. The lowest BCUT2D eigenvalue weighted by Crippen LogP contribution is -2.49. The van der Waals surface area contributed by atoms with E-state index in [2.05, 4.69) is 10.7 Å². The van der Waals surface area contributed by atoms with Crippen LogP contribution in [-0.2, 0) is 4.74 Å². The molecule has 0 spiro atoms. The Labute approximate surface area is 106 Å². The molecular weight excluding hydrogens is 234 g/mol. The van der Waals surface area contributed by atoms with Crippen molar-refractivity contribution in [2.24, 2.45) is 0 Å². The Bertz CT molecular complexity index is 388. The fourth-order valence-electron chi connectivity index (χ4n) is 1.65. The van der Waals surface area contributed by atoms with Gasteiger partial charge in [0, 0.05) is 18.8 Å². The Morgan fingerprint density at radius 3 is 2.56 bits per heavy atom. The van der Waals surface area contributed by atoms with Crippen molar-refractivity contribution < 1.29 is 14.3 Å². The van der Waals surface area contributed by atoms with E-state index in [0.717, 1.165) is 11.4 Å². The Morgan fingerprint density at radius 1 is 1.28 bits per heavy atom. The fourth-order valence-corrected chi connectivity index (χ4v) is 1.65. The van der Waals surface area contributed by atoms with E-state index >= 15 is 0 Å². The van der Waals surface area contributed by atoms with Crippen molar-refractivity contribution in [2.75, 3.05) is 38.7 Å². The van der Waals surface area contributed by atoms with Gasteiger partial charge in [0.05, 0.1) is 20.3 Å². The van der Waals surface area contributed by atoms with Gasteiger partial charge in [-0.15, -0.1) is 0 Å². The van der Waals surface area contributed by atoms with Crippen LogP contribution in [0.1, 0.15) is 0 Å². The average Bonchev–Trinajstić information content (AvgIpc) is 2.40. The summed E-state index contributed by atoms with van der Waals surface area (Å²) < 4.78 is 10.2. The first-order valence-electron chi connectivity index (χ1n) is 5.82. The molecular formula is C12H17N3O3. The summed E-state index contributed by atoms with van der Waals surface area (Å²) in [5.41, 5.74) is 3.49. The number of ether oxygens (including phenoxy) is 2. The highest BCUT2D eigenvalue weighted by molar-refractivity contribution is 5.88. The maximum atomic E-state index is 11.7. The molecule has 18 heavy (non-hydrogen) atoms. The number of nitrogens with zero attached hydrogens (tertiary/aromatic N) is 1. The van der Waals surface area contributed by atoms with Crippen LogP contribution in [0, 0.1) is 0 Å². The molecule has 2 rings (SSSR count). The number of amides is 2. The summed E-state index contributed by atoms with van der Waals surface area (Å²) in [4.78, 5) is 11.7. The monoisotopic (exact) mass is 251 g/mol. The third kappa shape index (κ3) is 3.61. The van der Waals surface area contributed by atoms with Crippen molar-refractivity contribution >= 4 is 11.7 Å². The average molecular weight is 251 g/mol. The number of urea groups is 1. The van der Waals surface area contributed by atoms with Crippen molar-refractivity contribution in [3.05, 3.63) is 24.3 Å². The Kier molecular flexibility index (Phi) is 4.38. The smallest absolute Gasteiger partial charge is 0.333 e. The van der Waals surface area contributed by atoms with Crippen LogP contribution in [0.4, 0.5) is 10.5 Å². The van der Waals surface area contributed by atoms with E-state index in [0.29, 0.717) is 26.3 Å². The first-order chi connectivity index (χ1) is 8.78. The molecule has 0 radical (unpaired) electrons. The molecule has 1 fully saturated rings. The number of hydrogen-bond acceptors (Lipinski definition) is 4. The Morgan fingerprint density at radius 2 is 1.94 bits per heavy atom. The minimum absolute atomic E-state index is 0.248. The van der Waals surface area contributed by atoms with Gasteiger partial charge in [0.2, 0.25) is 0 Å². The van der Waals surface area contributed by atoms with E-state index in [1.807, 2.05) is 5.01 Å². The molecule has 98 valence electrons. The quantitative estimate of drug-likeness (QED) is 0.843. The van der Waals surface area contributed by atoms with Crippen molar-refractivity contribution in [1.82, 2.24) is 10.4 Å². The van der Waals surface area contributed by atoms with Crippen LogP contribution in [0.2, 0.25) is 0 Å². The maximum Gasteiger partial charge on any atom is 0.333 e. The molecule has 0 aliphatic carbocycles. The third-order valence-electron chi connectivity index (χ3n) is 2.62. The number of carbonyl (C=O) groups excluding carboxylic acids is 1. The second-order valence-corrected chi connectivity index (χ2v) is 3.89. The zero-order chi connectivity index (χ0) is 12.8. The molecule has 1 heterocycles. The molecule has 0 aromatic heterocycles. The number of benzene rings is 1. The number of morpholine rings is 1. The molecule has 1 aliphatic rings. The SMILES string of the molecule is COc1ccc(NC(=O)NN2CCOCC2)cc1. The van der Waals surface area contributed by atoms with Gasteiger partial charge in [-0.3, -0.25) is 5.43 Å². The third-order valence-corrected chi connectivity index (χ3v) is 2.62. The standard InChI is InChI=1S/C12H17N3O3/c1-17-11-4-2-10(3-5-11)13-12(16)14-15-6-8-18-9-7-15/h2-5H,6-9H2,1H3,(H2,13,14,16). The van der Waals surface area contributed by atoms with Crippen molar-refractivity contribution in [3.8, 4) is 5.75 Å². The summed E-state index contributed by atoms with van der Waals surface area (Å²) in [6, 6.07) is 6.92. The zero-order valence-corrected chi connectivity index (χ0v) is 10.3. The van der Waals surface area contributed by atoms with E-state index in [9.17, 15) is 4.79 Å². The lowest BCUT2D eigenvalue weighted by molar-refractivity contribution is 0.0207. The second kappa shape index (κ2) is 6.23. The lowest BCUT2D eigenvalue weighted by atomic mass is 10.3. The first kappa shape index (κ1) is 12.7. The van der Waals surface area contributed by atoms with Gasteiger partial charge in [-0.1, -0.05) is 0 Å². The zero-order valence-electron chi connectivity index (χ0n) is 10.3. The first-order valence-corrected chi connectivity index (χ1v) is 5.82. The van der Waals surface area contributed by atoms with Gasteiger partial charge < -0.3 is 14.8 Å². The van der Waals surface area contributed by atoms with E-state index in [4.69, 9.17) is 9.47 Å². The molecule has 1 aromatic carbocycles. The highest BCUT2D eigenvalue weighted by atomic mass is 16.5. The highest BCUT2D eigenvalue weighted by Crippen LogP contribution is 2.14. The number of anilines is 1. The van der Waals surface area contributed by atoms with Crippen LogP contribution in [-0.4, -0.2) is 44.5 Å². The highest BCUT2D eigenvalue weighted by Gasteiger charge is 2.12. The minimum Gasteiger partial charge on any atom is -0.497 e. The van der Waals surface area contributed by atoms with Crippen LogP contribution in [0.3, 0.4) is 0 Å². The number of nitrogens with one attached hydrogen (secondary N) is 2. The summed E-state index contributed by atoms with van der Waals surface area (Å²) in [5.74, 6) is 0.758. The van der Waals surface area contributed by atoms with Crippen LogP contribution in [0.5, 0.6) is 5.75 Å². The molecule has 2 N–H and O–H groups in total. The Hall–Kier alpha value is -1.79. The molecule has 6 nitrogen and oxygen atoms in total. The minimum atomic E-state index is -0.248. The number of methoxy groups -OCH3 is 1.